The van der Waals surface area contributed by atoms with Crippen LogP contribution < -0.4 is 4.90 Å². The molecule has 0 radical (unpaired) electrons. The first-order valence-corrected chi connectivity index (χ1v) is 15.5. The molecule has 38 heavy (non-hydrogen) atoms. The summed E-state index contributed by atoms with van der Waals surface area (Å²) in [5.41, 5.74) is 1.74. The van der Waals surface area contributed by atoms with E-state index in [9.17, 15) is 9.59 Å². The van der Waals surface area contributed by atoms with Crippen LogP contribution in [-0.2, 0) is 9.53 Å². The molecule has 1 fully saturated rings. The van der Waals surface area contributed by atoms with Crippen molar-refractivity contribution >= 4 is 28.9 Å². The van der Waals surface area contributed by atoms with Crippen molar-refractivity contribution in [3.8, 4) is 10.4 Å². The fourth-order valence-corrected chi connectivity index (χ4v) is 5.38. The first-order valence-electron chi connectivity index (χ1n) is 14.7. The van der Waals surface area contributed by atoms with Crippen LogP contribution in [-0.4, -0.2) is 50.6 Å². The lowest BCUT2D eigenvalue weighted by Crippen LogP contribution is -2.39. The number of hydrogen-bond acceptors (Lipinski definition) is 5. The van der Waals surface area contributed by atoms with Gasteiger partial charge < -0.3 is 14.5 Å². The Labute approximate surface area is 237 Å². The molecule has 0 saturated heterocycles. The molecule has 6 heteroatoms. The maximum Gasteiger partial charge on any atom is 0.350 e. The average Bonchev–Trinajstić information content (AvgIpc) is 3.43. The van der Waals surface area contributed by atoms with Gasteiger partial charge in [-0.25, -0.2) is 4.79 Å². The monoisotopic (exact) mass is 546 g/mol. The van der Waals surface area contributed by atoms with Crippen molar-refractivity contribution in [3.05, 3.63) is 41.3 Å². The van der Waals surface area contributed by atoms with E-state index >= 15 is 0 Å². The molecule has 5 nitrogen and oxygen atoms in total. The number of hydrogen-bond donors (Lipinski definition) is 0. The summed E-state index contributed by atoms with van der Waals surface area (Å²) in [6.07, 6.45) is 4.89. The van der Waals surface area contributed by atoms with E-state index in [-0.39, 0.29) is 17.8 Å². The van der Waals surface area contributed by atoms with Gasteiger partial charge in [0.05, 0.1) is 12.8 Å². The molecule has 0 spiro atoms. The molecule has 0 unspecified atom stereocenters. The lowest BCUT2D eigenvalue weighted by Gasteiger charge is -2.31. The molecule has 1 aliphatic carbocycles. The van der Waals surface area contributed by atoms with Crippen molar-refractivity contribution in [2.75, 3.05) is 38.7 Å². The number of amides is 1. The van der Waals surface area contributed by atoms with E-state index in [1.165, 1.54) is 18.4 Å². The van der Waals surface area contributed by atoms with Gasteiger partial charge in [0.25, 0.3) is 0 Å². The number of esters is 1. The van der Waals surface area contributed by atoms with Crippen molar-refractivity contribution in [1.82, 2.24) is 4.90 Å². The van der Waals surface area contributed by atoms with E-state index in [1.807, 2.05) is 82.8 Å². The number of anilines is 1. The van der Waals surface area contributed by atoms with Crippen molar-refractivity contribution in [2.45, 2.75) is 87.5 Å². The zero-order valence-corrected chi connectivity index (χ0v) is 26.6. The lowest BCUT2D eigenvalue weighted by atomic mass is 9.82. The Morgan fingerprint density at radius 1 is 0.947 bits per heavy atom. The fraction of sp³-hybridized carbons (Fsp3) is 0.625. The summed E-state index contributed by atoms with van der Waals surface area (Å²) in [6.45, 7) is 18.9. The Morgan fingerprint density at radius 2 is 1.53 bits per heavy atom. The van der Waals surface area contributed by atoms with E-state index < -0.39 is 0 Å². The van der Waals surface area contributed by atoms with E-state index in [4.69, 9.17) is 4.74 Å². The largest absolute Gasteiger partial charge is 0.465 e. The van der Waals surface area contributed by atoms with Gasteiger partial charge in [-0.1, -0.05) is 85.7 Å². The fourth-order valence-electron chi connectivity index (χ4n) is 4.30. The maximum atomic E-state index is 13.7. The topological polar surface area (TPSA) is 49.9 Å². The van der Waals surface area contributed by atoms with Crippen LogP contribution in [0.2, 0.25) is 0 Å². The Bertz CT molecular complexity index is 889. The van der Waals surface area contributed by atoms with Gasteiger partial charge in [-0.15, -0.1) is 11.3 Å². The molecule has 3 rings (SSSR count). The van der Waals surface area contributed by atoms with E-state index in [0.717, 1.165) is 55.6 Å². The molecule has 1 saturated carbocycles. The van der Waals surface area contributed by atoms with Crippen LogP contribution in [0.5, 0.6) is 0 Å². The van der Waals surface area contributed by atoms with Gasteiger partial charge >= 0.3 is 5.97 Å². The minimum Gasteiger partial charge on any atom is -0.465 e. The predicted octanol–water partition coefficient (Wildman–Crippen LogP) is 8.78. The minimum atomic E-state index is -0.382. The van der Waals surface area contributed by atoms with Gasteiger partial charge in [0, 0.05) is 17.3 Å². The number of thiophene rings is 1. The van der Waals surface area contributed by atoms with E-state index in [2.05, 4.69) is 25.8 Å². The van der Waals surface area contributed by atoms with Crippen molar-refractivity contribution in [3.63, 3.8) is 0 Å². The van der Waals surface area contributed by atoms with Crippen LogP contribution in [0.25, 0.3) is 10.4 Å². The van der Waals surface area contributed by atoms with Gasteiger partial charge in [-0.3, -0.25) is 4.79 Å². The quantitative estimate of drug-likeness (QED) is 0.295. The van der Waals surface area contributed by atoms with Gasteiger partial charge in [0.15, 0.2) is 0 Å². The van der Waals surface area contributed by atoms with Crippen LogP contribution in [0.3, 0.4) is 0 Å². The van der Waals surface area contributed by atoms with E-state index in [0.29, 0.717) is 23.0 Å². The third-order valence-corrected chi connectivity index (χ3v) is 7.68. The summed E-state index contributed by atoms with van der Waals surface area (Å²) in [4.78, 5) is 32.0. The highest BCUT2D eigenvalue weighted by atomic mass is 32.1. The Hall–Kier alpha value is -2.18. The lowest BCUT2D eigenvalue weighted by molar-refractivity contribution is -0.123. The Kier molecular flexibility index (Phi) is 19.6. The summed E-state index contributed by atoms with van der Waals surface area (Å²) in [5.74, 6) is 0.481. The van der Waals surface area contributed by atoms with Crippen LogP contribution in [0.4, 0.5) is 5.69 Å². The second-order valence-electron chi connectivity index (χ2n) is 8.88. The van der Waals surface area contributed by atoms with Crippen molar-refractivity contribution in [1.29, 1.82) is 0 Å². The maximum absolute atomic E-state index is 13.7. The molecule has 0 N–H and O–H groups in total. The molecular weight excluding hydrogens is 492 g/mol. The number of nitrogens with zero attached hydrogens (tertiary/aromatic N) is 2. The number of rotatable bonds is 9. The van der Waals surface area contributed by atoms with Crippen LogP contribution in [0.1, 0.15) is 97.2 Å². The Morgan fingerprint density at radius 3 is 2.05 bits per heavy atom. The zero-order valence-electron chi connectivity index (χ0n) is 25.8. The summed E-state index contributed by atoms with van der Waals surface area (Å²) in [5, 5.41) is 0. The smallest absolute Gasteiger partial charge is 0.350 e. The zero-order chi connectivity index (χ0) is 29.1. The third kappa shape index (κ3) is 10.9. The third-order valence-electron chi connectivity index (χ3n) is 6.52. The molecule has 1 heterocycles. The summed E-state index contributed by atoms with van der Waals surface area (Å²) >= 11 is 1.40. The second-order valence-corrected chi connectivity index (χ2v) is 9.93. The first kappa shape index (κ1) is 35.8. The number of methoxy groups -OCH3 is 1. The molecule has 1 aromatic heterocycles. The highest BCUT2D eigenvalue weighted by Gasteiger charge is 2.32. The molecule has 0 bridgehead atoms. The number of carbonyl (C=O) groups is 2. The molecule has 2 aromatic rings. The molecule has 216 valence electrons. The van der Waals surface area contributed by atoms with Crippen LogP contribution in [0, 0.1) is 11.8 Å². The van der Waals surface area contributed by atoms with Crippen LogP contribution >= 0.6 is 11.3 Å². The normalized spacial score (nSPS) is 16.1. The Balaban J connectivity index is 0.00000213. The SMILES string of the molecule is CC.CC.CC.CCN(C)CCCN(C(=O)C1CCC(C)CC1)c1cc(-c2ccccc2)sc1C(=O)OC. The summed E-state index contributed by atoms with van der Waals surface area (Å²) in [6, 6.07) is 12.0. The molecule has 0 aliphatic heterocycles. The molecule has 1 amide bonds. The minimum absolute atomic E-state index is 0.0284. The highest BCUT2D eigenvalue weighted by molar-refractivity contribution is 7.18. The molecular formula is C32H54N2O3S. The predicted molar refractivity (Wildman–Crippen MR) is 166 cm³/mol. The van der Waals surface area contributed by atoms with Crippen molar-refractivity contribution in [2.24, 2.45) is 11.8 Å². The number of benzene rings is 1. The first-order chi connectivity index (χ1) is 18.4. The number of carbonyl (C=O) groups excluding carboxylic acids is 2. The van der Waals surface area contributed by atoms with Gasteiger partial charge in [0.2, 0.25) is 5.91 Å². The van der Waals surface area contributed by atoms with E-state index in [1.54, 1.807) is 0 Å². The van der Waals surface area contributed by atoms with Gasteiger partial charge in [-0.05, 0) is 69.8 Å². The summed E-state index contributed by atoms with van der Waals surface area (Å²) in [7, 11) is 3.49. The highest BCUT2D eigenvalue weighted by Crippen LogP contribution is 2.39. The standard InChI is InChI=1S/C26H36N2O3S.3C2H6/c1-5-27(3)16-9-17-28(25(29)21-14-12-19(2)13-15-21)22-18-23(20-10-7-6-8-11-20)32-24(22)26(30)31-4;3*1-2/h6-8,10-11,18-19,21H,5,9,12-17H2,1-4H3;3*1-2H3. The summed E-state index contributed by atoms with van der Waals surface area (Å²) < 4.78 is 5.10. The second kappa shape index (κ2) is 20.7. The molecule has 1 aliphatic rings. The van der Waals surface area contributed by atoms with Gasteiger partial charge in [0.1, 0.15) is 4.88 Å². The molecule has 0 atom stereocenters. The van der Waals surface area contributed by atoms with Crippen molar-refractivity contribution < 1.29 is 14.3 Å². The molecule has 1 aromatic carbocycles. The van der Waals surface area contributed by atoms with Gasteiger partial charge in [-0.2, -0.15) is 0 Å². The average molecular weight is 547 g/mol. The number of ether oxygens (including phenoxy) is 1. The van der Waals surface area contributed by atoms with Crippen LogP contribution in [0.15, 0.2) is 36.4 Å².